The predicted molar refractivity (Wildman–Crippen MR) is 155 cm³/mol. The quantitative estimate of drug-likeness (QED) is 0.437. The molecule has 7 nitrogen and oxygen atoms in total. The second-order valence-electron chi connectivity index (χ2n) is 10.7. The second kappa shape index (κ2) is 11.0. The average molecular weight is 568 g/mol. The lowest BCUT2D eigenvalue weighted by Gasteiger charge is -2.41. The summed E-state index contributed by atoms with van der Waals surface area (Å²) in [6, 6.07) is 13.8. The van der Waals surface area contributed by atoms with Crippen molar-refractivity contribution in [3.63, 3.8) is 0 Å². The summed E-state index contributed by atoms with van der Waals surface area (Å²) >= 11 is 1.77. The number of aryl methyl sites for hydroxylation is 3. The van der Waals surface area contributed by atoms with Crippen LogP contribution in [-0.2, 0) is 21.2 Å². The molecule has 1 aromatic heterocycles. The summed E-state index contributed by atoms with van der Waals surface area (Å²) in [5.74, 6) is 0.847. The molecular formula is C30H37N3O4S2. The number of rotatable bonds is 6. The maximum atomic E-state index is 13.7. The number of nitrogens with zero attached hydrogens (tertiary/aromatic N) is 3. The highest BCUT2D eigenvalue weighted by Gasteiger charge is 2.38. The van der Waals surface area contributed by atoms with Crippen LogP contribution in [0.5, 0.6) is 5.75 Å². The maximum Gasteiger partial charge on any atom is 0.243 e. The van der Waals surface area contributed by atoms with E-state index in [0.717, 1.165) is 41.0 Å². The molecular weight excluding hydrogens is 530 g/mol. The van der Waals surface area contributed by atoms with Gasteiger partial charge in [-0.25, -0.2) is 8.42 Å². The first kappa shape index (κ1) is 27.8. The van der Waals surface area contributed by atoms with Crippen LogP contribution in [0.4, 0.5) is 0 Å². The van der Waals surface area contributed by atoms with Crippen molar-refractivity contribution in [2.24, 2.45) is 0 Å². The maximum absolute atomic E-state index is 13.7. The number of piperazine rings is 1. The normalized spacial score (nSPS) is 20.6. The molecule has 3 aromatic rings. The number of hydrogen-bond acceptors (Lipinski definition) is 6. The van der Waals surface area contributed by atoms with Crippen LogP contribution in [0.25, 0.3) is 0 Å². The zero-order valence-corrected chi connectivity index (χ0v) is 24.9. The molecule has 1 fully saturated rings. The fraction of sp³-hybridized carbons (Fsp3) is 0.433. The Kier molecular flexibility index (Phi) is 7.88. The lowest BCUT2D eigenvalue weighted by Crippen LogP contribution is -2.57. The van der Waals surface area contributed by atoms with E-state index in [1.165, 1.54) is 10.4 Å². The molecule has 9 heteroatoms. The Balaban J connectivity index is 1.32. The fourth-order valence-corrected chi connectivity index (χ4v) is 9.14. The summed E-state index contributed by atoms with van der Waals surface area (Å²) in [6.07, 6.45) is 0.921. The van der Waals surface area contributed by atoms with Gasteiger partial charge in [0.05, 0.1) is 24.6 Å². The van der Waals surface area contributed by atoms with Gasteiger partial charge in [0.15, 0.2) is 0 Å². The predicted octanol–water partition coefficient (Wildman–Crippen LogP) is 4.55. The number of carbonyl (C=O) groups excluding carboxylic acids is 1. The van der Waals surface area contributed by atoms with Gasteiger partial charge >= 0.3 is 0 Å². The van der Waals surface area contributed by atoms with Gasteiger partial charge in [-0.3, -0.25) is 9.69 Å². The molecule has 2 atom stereocenters. The Morgan fingerprint density at radius 1 is 1.03 bits per heavy atom. The van der Waals surface area contributed by atoms with Crippen LogP contribution in [0, 0.1) is 20.8 Å². The fourth-order valence-electron chi connectivity index (χ4n) is 6.20. The number of fused-ring (bicyclic) bond motifs is 1. The molecule has 0 spiro atoms. The van der Waals surface area contributed by atoms with Crippen molar-refractivity contribution in [1.29, 1.82) is 0 Å². The van der Waals surface area contributed by atoms with E-state index < -0.39 is 10.0 Å². The van der Waals surface area contributed by atoms with Gasteiger partial charge < -0.3 is 9.64 Å². The number of carbonyl (C=O) groups is 1. The zero-order valence-electron chi connectivity index (χ0n) is 23.3. The van der Waals surface area contributed by atoms with Crippen molar-refractivity contribution in [2.75, 3.05) is 39.8 Å². The van der Waals surface area contributed by atoms with Crippen LogP contribution >= 0.6 is 11.3 Å². The van der Waals surface area contributed by atoms with Gasteiger partial charge in [-0.2, -0.15) is 4.31 Å². The Hall–Kier alpha value is -2.72. The first-order valence-electron chi connectivity index (χ1n) is 13.4. The van der Waals surface area contributed by atoms with Crippen LogP contribution in [0.3, 0.4) is 0 Å². The summed E-state index contributed by atoms with van der Waals surface area (Å²) in [7, 11) is -2.01. The van der Waals surface area contributed by atoms with Gasteiger partial charge in [0.2, 0.25) is 15.9 Å². The van der Waals surface area contributed by atoms with E-state index in [1.807, 2.05) is 56.9 Å². The number of thiophene rings is 1. The minimum absolute atomic E-state index is 0.00133. The van der Waals surface area contributed by atoms with E-state index in [9.17, 15) is 13.2 Å². The SMILES string of the molecule is COc1ccc(C2c3ccsc3CCN2CC(=O)N2CCN(S(=O)(=O)c3c(C)cc(C)cc3C)C(C)C2)cc1. The summed E-state index contributed by atoms with van der Waals surface area (Å²) < 4.78 is 34.3. The van der Waals surface area contributed by atoms with Crippen molar-refractivity contribution in [1.82, 2.24) is 14.1 Å². The number of sulfonamides is 1. The second-order valence-corrected chi connectivity index (χ2v) is 13.6. The third-order valence-electron chi connectivity index (χ3n) is 7.93. The molecule has 208 valence electrons. The van der Waals surface area contributed by atoms with Crippen molar-refractivity contribution in [2.45, 2.75) is 51.1 Å². The van der Waals surface area contributed by atoms with Gasteiger partial charge in [0.1, 0.15) is 5.75 Å². The largest absolute Gasteiger partial charge is 0.497 e. The number of ether oxygens (including phenoxy) is 1. The summed E-state index contributed by atoms with van der Waals surface area (Å²) in [5.41, 5.74) is 4.97. The van der Waals surface area contributed by atoms with E-state index >= 15 is 0 Å². The van der Waals surface area contributed by atoms with E-state index in [0.29, 0.717) is 31.1 Å². The standard InChI is InChI=1S/C30H37N3O4S2/c1-20-16-21(2)30(22(3)17-20)39(35,36)33-14-13-31(18-23(33)4)28(34)19-32-12-10-27-26(11-15-38-27)29(32)24-6-8-25(37-5)9-7-24/h6-9,11,15-17,23,29H,10,12-14,18-19H2,1-5H3. The minimum Gasteiger partial charge on any atom is -0.497 e. The summed E-state index contributed by atoms with van der Waals surface area (Å²) in [5, 5.41) is 2.13. The van der Waals surface area contributed by atoms with Crippen LogP contribution in [0.1, 0.15) is 45.7 Å². The molecule has 5 rings (SSSR count). The lowest BCUT2D eigenvalue weighted by atomic mass is 9.93. The molecule has 0 aliphatic carbocycles. The van der Waals surface area contributed by atoms with Gasteiger partial charge in [0.25, 0.3) is 0 Å². The molecule has 1 amide bonds. The minimum atomic E-state index is -3.67. The van der Waals surface area contributed by atoms with Crippen molar-refractivity contribution >= 4 is 27.3 Å². The first-order chi connectivity index (χ1) is 18.6. The third-order valence-corrected chi connectivity index (χ3v) is 11.2. The molecule has 3 heterocycles. The third kappa shape index (κ3) is 5.37. The van der Waals surface area contributed by atoms with E-state index in [2.05, 4.69) is 28.5 Å². The topological polar surface area (TPSA) is 70.2 Å². The van der Waals surface area contributed by atoms with Crippen LogP contribution in [-0.4, -0.2) is 74.3 Å². The number of benzene rings is 2. The summed E-state index contributed by atoms with van der Waals surface area (Å²) in [6.45, 7) is 9.73. The molecule has 0 N–H and O–H groups in total. The van der Waals surface area contributed by atoms with Crippen molar-refractivity contribution < 1.29 is 17.9 Å². The van der Waals surface area contributed by atoms with Gasteiger partial charge in [-0.15, -0.1) is 11.3 Å². The van der Waals surface area contributed by atoms with E-state index in [1.54, 1.807) is 22.8 Å². The number of amides is 1. The monoisotopic (exact) mass is 567 g/mol. The highest BCUT2D eigenvalue weighted by molar-refractivity contribution is 7.89. The van der Waals surface area contributed by atoms with Crippen LogP contribution in [0.15, 0.2) is 52.7 Å². The van der Waals surface area contributed by atoms with Gasteiger partial charge in [0, 0.05) is 37.1 Å². The highest BCUT2D eigenvalue weighted by atomic mass is 32.2. The van der Waals surface area contributed by atoms with Crippen LogP contribution in [0.2, 0.25) is 0 Å². The Morgan fingerprint density at radius 2 is 1.72 bits per heavy atom. The molecule has 2 aliphatic heterocycles. The van der Waals surface area contributed by atoms with Gasteiger partial charge in [-0.1, -0.05) is 29.8 Å². The number of hydrogen-bond donors (Lipinski definition) is 0. The summed E-state index contributed by atoms with van der Waals surface area (Å²) in [4.78, 5) is 19.5. The smallest absolute Gasteiger partial charge is 0.243 e. The molecule has 2 aromatic carbocycles. The van der Waals surface area contributed by atoms with Gasteiger partial charge in [-0.05, 0) is 79.9 Å². The van der Waals surface area contributed by atoms with Crippen molar-refractivity contribution in [3.8, 4) is 5.75 Å². The Morgan fingerprint density at radius 3 is 2.36 bits per heavy atom. The molecule has 39 heavy (non-hydrogen) atoms. The lowest BCUT2D eigenvalue weighted by molar-refractivity contribution is -0.135. The molecule has 0 bridgehead atoms. The number of methoxy groups -OCH3 is 1. The molecule has 0 saturated carbocycles. The zero-order chi connectivity index (χ0) is 27.9. The highest BCUT2D eigenvalue weighted by Crippen LogP contribution is 2.38. The van der Waals surface area contributed by atoms with E-state index in [-0.39, 0.29) is 18.0 Å². The average Bonchev–Trinajstić information content (AvgIpc) is 3.36. The Bertz CT molecular complexity index is 1440. The van der Waals surface area contributed by atoms with E-state index in [4.69, 9.17) is 4.74 Å². The molecule has 1 saturated heterocycles. The molecule has 2 unspecified atom stereocenters. The van der Waals surface area contributed by atoms with Crippen LogP contribution < -0.4 is 4.74 Å². The molecule has 0 radical (unpaired) electrons. The Labute approximate surface area is 236 Å². The molecule has 2 aliphatic rings. The first-order valence-corrected chi connectivity index (χ1v) is 15.7. The van der Waals surface area contributed by atoms with Crippen molar-refractivity contribution in [3.05, 3.63) is 80.5 Å².